The second kappa shape index (κ2) is 9.72. The number of likely N-dealkylation sites (N-methyl/N-ethyl adjacent to an activating group) is 1. The Bertz CT molecular complexity index is 1330. The number of hydrogen-bond donors (Lipinski definition) is 0. The fourth-order valence-electron chi connectivity index (χ4n) is 5.59. The number of rotatable bonds is 7. The van der Waals surface area contributed by atoms with Crippen molar-refractivity contribution in [2.75, 3.05) is 39.6 Å². The van der Waals surface area contributed by atoms with Crippen LogP contribution in [0.25, 0.3) is 17.1 Å². The molecule has 2 heterocycles. The van der Waals surface area contributed by atoms with E-state index in [2.05, 4.69) is 132 Å². The van der Waals surface area contributed by atoms with Crippen LogP contribution in [0.2, 0.25) is 5.02 Å². The summed E-state index contributed by atoms with van der Waals surface area (Å²) in [7, 11) is 11.1. The predicted molar refractivity (Wildman–Crippen MR) is 155 cm³/mol. The van der Waals surface area contributed by atoms with Gasteiger partial charge in [-0.05, 0) is 35.3 Å². The summed E-state index contributed by atoms with van der Waals surface area (Å²) in [6, 6.07) is 13.2. The molecule has 3 aromatic rings. The van der Waals surface area contributed by atoms with Crippen molar-refractivity contribution in [3.63, 3.8) is 0 Å². The Hall–Kier alpha value is -2.56. The molecular formula is C31H43ClN4+2. The van der Waals surface area contributed by atoms with Crippen LogP contribution in [0.15, 0.2) is 54.2 Å². The van der Waals surface area contributed by atoms with Gasteiger partial charge in [0.1, 0.15) is 0 Å². The lowest BCUT2D eigenvalue weighted by atomic mass is 9.84. The van der Waals surface area contributed by atoms with Gasteiger partial charge in [-0.2, -0.15) is 0 Å². The Kier molecular flexibility index (Phi) is 7.15. The topological polar surface area (TPSA) is 12.1 Å². The minimum absolute atomic E-state index is 0.0328. The lowest BCUT2D eigenvalue weighted by Crippen LogP contribution is -2.36. The third-order valence-electron chi connectivity index (χ3n) is 7.64. The Morgan fingerprint density at radius 3 is 2.44 bits per heavy atom. The summed E-state index contributed by atoms with van der Waals surface area (Å²) in [4.78, 5) is 2.32. The molecule has 1 aromatic heterocycles. The van der Waals surface area contributed by atoms with E-state index < -0.39 is 0 Å². The third-order valence-corrected chi connectivity index (χ3v) is 7.97. The van der Waals surface area contributed by atoms with Crippen LogP contribution in [-0.4, -0.2) is 43.8 Å². The fourth-order valence-corrected chi connectivity index (χ4v) is 5.97. The maximum Gasteiger partial charge on any atom is 0.282 e. The minimum atomic E-state index is -0.0328. The van der Waals surface area contributed by atoms with Crippen LogP contribution in [0.1, 0.15) is 57.0 Å². The average Bonchev–Trinajstić information content (AvgIpc) is 3.15. The molecular weight excluding hydrogens is 464 g/mol. The zero-order chi connectivity index (χ0) is 26.4. The molecule has 0 saturated heterocycles. The summed E-state index contributed by atoms with van der Waals surface area (Å²) in [6.07, 6.45) is 7.87. The normalized spacial score (nSPS) is 16.8. The Morgan fingerprint density at radius 2 is 1.81 bits per heavy atom. The van der Waals surface area contributed by atoms with Crippen molar-refractivity contribution in [3.05, 3.63) is 76.2 Å². The lowest BCUT2D eigenvalue weighted by Gasteiger charge is -2.23. The molecule has 0 radical (unpaired) electrons. The predicted octanol–water partition coefficient (Wildman–Crippen LogP) is 6.66. The maximum atomic E-state index is 6.72. The van der Waals surface area contributed by atoms with Crippen molar-refractivity contribution in [2.45, 2.75) is 52.0 Å². The van der Waals surface area contributed by atoms with Crippen LogP contribution in [0.3, 0.4) is 0 Å². The second-order valence-corrected chi connectivity index (χ2v) is 12.5. The van der Waals surface area contributed by atoms with Gasteiger partial charge >= 0.3 is 0 Å². The van der Waals surface area contributed by atoms with Gasteiger partial charge < -0.3 is 9.38 Å². The van der Waals surface area contributed by atoms with Crippen LogP contribution in [0, 0.1) is 0 Å². The summed E-state index contributed by atoms with van der Waals surface area (Å²) in [5.41, 5.74) is 7.58. The number of hydrogen-bond acceptors (Lipinski definition) is 1. The van der Waals surface area contributed by atoms with E-state index in [4.69, 9.17) is 11.6 Å². The van der Waals surface area contributed by atoms with Crippen molar-refractivity contribution in [1.82, 2.24) is 4.57 Å². The van der Waals surface area contributed by atoms with Gasteiger partial charge in [-0.1, -0.05) is 63.6 Å². The number of quaternary nitrogens is 1. The van der Waals surface area contributed by atoms with E-state index in [1.165, 1.54) is 39.4 Å². The summed E-state index contributed by atoms with van der Waals surface area (Å²) in [5.74, 6) is 1.57. The average molecular weight is 507 g/mol. The molecule has 0 amide bonds. The smallest absolute Gasteiger partial charge is 0.282 e. The highest BCUT2D eigenvalue weighted by Gasteiger charge is 2.37. The summed E-state index contributed by atoms with van der Waals surface area (Å²) in [6.45, 7) is 11.1. The summed E-state index contributed by atoms with van der Waals surface area (Å²) < 4.78 is 5.72. The summed E-state index contributed by atoms with van der Waals surface area (Å²) in [5, 5.41) is 0.848. The number of para-hydroxylation sites is 1. The number of fused-ring (bicyclic) bond motifs is 2. The van der Waals surface area contributed by atoms with Crippen molar-refractivity contribution < 1.29 is 9.05 Å². The molecule has 5 heteroatoms. The van der Waals surface area contributed by atoms with Crippen molar-refractivity contribution >= 4 is 34.4 Å². The van der Waals surface area contributed by atoms with Crippen LogP contribution in [0.5, 0.6) is 0 Å². The van der Waals surface area contributed by atoms with Crippen molar-refractivity contribution in [2.24, 2.45) is 7.05 Å². The van der Waals surface area contributed by atoms with Gasteiger partial charge in [-0.3, -0.25) is 0 Å². The Balaban J connectivity index is 1.77. The molecule has 0 N–H and O–H groups in total. The number of nitrogens with zero attached hydrogens (tertiary/aromatic N) is 4. The second-order valence-electron chi connectivity index (χ2n) is 12.1. The molecule has 1 aliphatic rings. The van der Waals surface area contributed by atoms with Crippen LogP contribution in [-0.2, 0) is 19.0 Å². The standard InChI is InChI=1S/C31H43ClN4/c1-22(2)23-20-28-27(21-25(23)32)34(6)30(35(28)18-13-19-36(7,8)9)17-12-16-29-31(3,4)24-14-10-11-15-26(24)33(29)5/h10-12,14-17,20-22H,13,18-19H2,1-9H3/q+2. The molecule has 192 valence electrons. The third kappa shape index (κ3) is 4.86. The molecule has 0 fully saturated rings. The van der Waals surface area contributed by atoms with Gasteiger partial charge in [0, 0.05) is 47.4 Å². The lowest BCUT2D eigenvalue weighted by molar-refractivity contribution is -0.870. The number of halogens is 1. The number of anilines is 1. The summed E-state index contributed by atoms with van der Waals surface area (Å²) >= 11 is 6.72. The van der Waals surface area contributed by atoms with E-state index in [0.717, 1.165) is 29.0 Å². The zero-order valence-corrected chi connectivity index (χ0v) is 24.3. The Morgan fingerprint density at radius 1 is 1.11 bits per heavy atom. The molecule has 0 spiro atoms. The number of aromatic nitrogens is 2. The first kappa shape index (κ1) is 26.5. The molecule has 0 atom stereocenters. The molecule has 4 rings (SSSR count). The molecule has 2 aromatic carbocycles. The molecule has 0 aliphatic carbocycles. The van der Waals surface area contributed by atoms with Crippen molar-refractivity contribution in [1.29, 1.82) is 0 Å². The fraction of sp³-hybridized carbons (Fsp3) is 0.452. The first-order valence-electron chi connectivity index (χ1n) is 13.1. The molecule has 36 heavy (non-hydrogen) atoms. The number of allylic oxidation sites excluding steroid dienone is 3. The Labute approximate surface area is 222 Å². The van der Waals surface area contributed by atoms with Gasteiger partial charge in [0.2, 0.25) is 0 Å². The SMILES string of the molecule is CC(C)c1cc2c(cc1Cl)[n+](C)c(C=CC=C1N(C)c3ccccc3C1(C)C)n2CCC[N+](C)(C)C. The quantitative estimate of drug-likeness (QED) is 0.257. The van der Waals surface area contributed by atoms with E-state index in [0.29, 0.717) is 5.92 Å². The highest BCUT2D eigenvalue weighted by Crippen LogP contribution is 2.46. The van der Waals surface area contributed by atoms with E-state index in [1.807, 2.05) is 0 Å². The van der Waals surface area contributed by atoms with Gasteiger partial charge in [0.25, 0.3) is 5.82 Å². The first-order chi connectivity index (χ1) is 16.8. The largest absolute Gasteiger partial charge is 0.347 e. The van der Waals surface area contributed by atoms with Crippen molar-refractivity contribution in [3.8, 4) is 0 Å². The highest BCUT2D eigenvalue weighted by molar-refractivity contribution is 6.32. The van der Waals surface area contributed by atoms with Gasteiger partial charge in [-0.15, -0.1) is 0 Å². The molecule has 4 nitrogen and oxygen atoms in total. The molecule has 0 unspecified atom stereocenters. The number of imidazole rings is 1. The van der Waals surface area contributed by atoms with Gasteiger partial charge in [0.15, 0.2) is 11.0 Å². The number of aryl methyl sites for hydroxylation is 2. The monoisotopic (exact) mass is 506 g/mol. The highest BCUT2D eigenvalue weighted by atomic mass is 35.5. The van der Waals surface area contributed by atoms with Crippen LogP contribution in [0.4, 0.5) is 5.69 Å². The first-order valence-corrected chi connectivity index (χ1v) is 13.4. The van der Waals surface area contributed by atoms with E-state index in [1.54, 1.807) is 0 Å². The molecule has 1 aliphatic heterocycles. The maximum absolute atomic E-state index is 6.72. The number of benzene rings is 2. The molecule has 0 bridgehead atoms. The van der Waals surface area contributed by atoms with Gasteiger partial charge in [-0.25, -0.2) is 9.13 Å². The molecule has 0 saturated carbocycles. The van der Waals surface area contributed by atoms with Crippen LogP contribution >= 0.6 is 11.6 Å². The van der Waals surface area contributed by atoms with Gasteiger partial charge in [0.05, 0.1) is 41.3 Å². The van der Waals surface area contributed by atoms with E-state index >= 15 is 0 Å². The van der Waals surface area contributed by atoms with E-state index in [-0.39, 0.29) is 5.41 Å². The zero-order valence-electron chi connectivity index (χ0n) is 23.6. The van der Waals surface area contributed by atoms with E-state index in [9.17, 15) is 0 Å². The van der Waals surface area contributed by atoms with Crippen LogP contribution < -0.4 is 9.47 Å². The minimum Gasteiger partial charge on any atom is -0.347 e.